The second-order valence-corrected chi connectivity index (χ2v) is 4.72. The number of carboxylic acids is 1. The second kappa shape index (κ2) is 6.71. The Kier molecular flexibility index (Phi) is 4.73. The first-order valence-corrected chi connectivity index (χ1v) is 6.83. The summed E-state index contributed by atoms with van der Waals surface area (Å²) >= 11 is 0. The molecule has 6 heteroatoms. The molecule has 0 bridgehead atoms. The van der Waals surface area contributed by atoms with Crippen LogP contribution < -0.4 is 10.9 Å². The normalized spacial score (nSPS) is 10.2. The molecule has 0 atom stereocenters. The van der Waals surface area contributed by atoms with Gasteiger partial charge in [0.15, 0.2) is 0 Å². The lowest BCUT2D eigenvalue weighted by Gasteiger charge is -2.11. The third-order valence-corrected chi connectivity index (χ3v) is 3.24. The minimum atomic E-state index is -1.31. The van der Waals surface area contributed by atoms with Gasteiger partial charge in [0, 0.05) is 11.9 Å². The van der Waals surface area contributed by atoms with Gasteiger partial charge >= 0.3 is 5.97 Å². The van der Waals surface area contributed by atoms with Crippen LogP contribution in [0.2, 0.25) is 0 Å². The Bertz CT molecular complexity index is 765. The van der Waals surface area contributed by atoms with E-state index in [1.54, 1.807) is 6.07 Å². The lowest BCUT2D eigenvalue weighted by Crippen LogP contribution is -2.30. The Morgan fingerprint density at radius 3 is 2.59 bits per heavy atom. The number of rotatable bonds is 5. The zero-order valence-corrected chi connectivity index (χ0v) is 12.1. The lowest BCUT2D eigenvalue weighted by atomic mass is 10.1. The van der Waals surface area contributed by atoms with Gasteiger partial charge in [0.25, 0.3) is 5.56 Å². The van der Waals surface area contributed by atoms with Gasteiger partial charge in [0.05, 0.1) is 0 Å². The summed E-state index contributed by atoms with van der Waals surface area (Å²) in [6.45, 7) is 1.74. The Hall–Kier alpha value is -2.89. The summed E-state index contributed by atoms with van der Waals surface area (Å²) in [6.07, 6.45) is 2.16. The number of carboxylic acid groups (broad SMARTS) is 1. The van der Waals surface area contributed by atoms with Crippen LogP contribution in [0, 0.1) is 0 Å². The highest BCUT2D eigenvalue weighted by Gasteiger charge is 2.12. The molecule has 2 aromatic rings. The van der Waals surface area contributed by atoms with E-state index in [0.29, 0.717) is 5.69 Å². The van der Waals surface area contributed by atoms with Crippen LogP contribution in [-0.2, 0) is 17.8 Å². The topological polar surface area (TPSA) is 88.4 Å². The maximum absolute atomic E-state index is 12.1. The number of para-hydroxylation sites is 1. The number of nitrogens with one attached hydrogen (secondary N) is 1. The number of anilines is 1. The molecule has 0 aliphatic rings. The van der Waals surface area contributed by atoms with Crippen molar-refractivity contribution in [1.82, 2.24) is 4.57 Å². The van der Waals surface area contributed by atoms with E-state index >= 15 is 0 Å². The highest BCUT2D eigenvalue weighted by Crippen LogP contribution is 2.15. The first-order valence-electron chi connectivity index (χ1n) is 6.83. The average molecular weight is 300 g/mol. The molecule has 1 aromatic heterocycles. The third kappa shape index (κ3) is 3.41. The molecule has 114 valence electrons. The predicted molar refractivity (Wildman–Crippen MR) is 82.1 cm³/mol. The number of benzene rings is 1. The molecule has 0 aliphatic carbocycles. The van der Waals surface area contributed by atoms with Crippen molar-refractivity contribution in [2.45, 2.75) is 19.9 Å². The van der Waals surface area contributed by atoms with Crippen molar-refractivity contribution in [3.8, 4) is 0 Å². The molecule has 2 N–H and O–H groups in total. The molecule has 0 saturated carbocycles. The number of aryl methyl sites for hydroxylation is 1. The van der Waals surface area contributed by atoms with Crippen LogP contribution in [0.25, 0.3) is 0 Å². The summed E-state index contributed by atoms with van der Waals surface area (Å²) in [5, 5.41) is 11.7. The Morgan fingerprint density at radius 2 is 1.91 bits per heavy atom. The van der Waals surface area contributed by atoms with Crippen LogP contribution in [0.4, 0.5) is 5.69 Å². The summed E-state index contributed by atoms with van der Waals surface area (Å²) < 4.78 is 1.08. The minimum absolute atomic E-state index is 0.238. The first-order chi connectivity index (χ1) is 10.5. The molecule has 0 saturated heterocycles. The molecular formula is C16H16N2O4. The molecule has 0 spiro atoms. The van der Waals surface area contributed by atoms with Gasteiger partial charge < -0.3 is 15.0 Å². The fraction of sp³-hybridized carbons (Fsp3) is 0.188. The number of hydrogen-bond acceptors (Lipinski definition) is 3. The maximum Gasteiger partial charge on any atom is 0.341 e. The molecule has 0 aliphatic heterocycles. The quantitative estimate of drug-likeness (QED) is 0.880. The number of carbonyl (C=O) groups excluding carboxylic acids is 1. The van der Waals surface area contributed by atoms with Crippen LogP contribution in [-0.4, -0.2) is 21.6 Å². The number of nitrogens with zero attached hydrogens (tertiary/aromatic N) is 1. The van der Waals surface area contributed by atoms with Gasteiger partial charge in [-0.3, -0.25) is 9.59 Å². The smallest absolute Gasteiger partial charge is 0.341 e. The third-order valence-electron chi connectivity index (χ3n) is 3.24. The van der Waals surface area contributed by atoms with Gasteiger partial charge in [0.1, 0.15) is 12.1 Å². The van der Waals surface area contributed by atoms with Gasteiger partial charge in [-0.15, -0.1) is 0 Å². The lowest BCUT2D eigenvalue weighted by molar-refractivity contribution is -0.116. The van der Waals surface area contributed by atoms with Crippen molar-refractivity contribution < 1.29 is 14.7 Å². The SMILES string of the molecule is CCc1ccccc1NC(=O)Cn1cccc(C(=O)O)c1=O. The number of pyridine rings is 1. The van der Waals surface area contributed by atoms with E-state index in [1.165, 1.54) is 18.3 Å². The molecule has 0 unspecified atom stereocenters. The zero-order chi connectivity index (χ0) is 16.1. The van der Waals surface area contributed by atoms with E-state index in [4.69, 9.17) is 5.11 Å². The number of aromatic nitrogens is 1. The molecule has 0 fully saturated rings. The van der Waals surface area contributed by atoms with E-state index in [1.807, 2.05) is 25.1 Å². The summed E-state index contributed by atoms with van der Waals surface area (Å²) in [5.41, 5.74) is 0.623. The van der Waals surface area contributed by atoms with Gasteiger partial charge in [0.2, 0.25) is 5.91 Å². The van der Waals surface area contributed by atoms with E-state index in [9.17, 15) is 14.4 Å². The van der Waals surface area contributed by atoms with Crippen LogP contribution in [0.3, 0.4) is 0 Å². The standard InChI is InChI=1S/C16H16N2O4/c1-2-11-6-3-4-8-13(11)17-14(19)10-18-9-5-7-12(15(18)20)16(21)22/h3-9H,2,10H2,1H3,(H,17,19)(H,21,22). The van der Waals surface area contributed by atoms with Crippen LogP contribution in [0.5, 0.6) is 0 Å². The number of amides is 1. The van der Waals surface area contributed by atoms with Crippen molar-refractivity contribution in [3.05, 3.63) is 64.1 Å². The predicted octanol–water partition coefficient (Wildman–Crippen LogP) is 1.75. The Morgan fingerprint density at radius 1 is 1.18 bits per heavy atom. The summed E-state index contributed by atoms with van der Waals surface area (Å²) in [4.78, 5) is 34.9. The molecule has 22 heavy (non-hydrogen) atoms. The fourth-order valence-electron chi connectivity index (χ4n) is 2.12. The number of carbonyl (C=O) groups is 2. The average Bonchev–Trinajstić information content (AvgIpc) is 2.49. The largest absolute Gasteiger partial charge is 0.477 e. The molecule has 2 rings (SSSR count). The van der Waals surface area contributed by atoms with E-state index < -0.39 is 11.5 Å². The van der Waals surface area contributed by atoms with E-state index in [0.717, 1.165) is 16.6 Å². The van der Waals surface area contributed by atoms with Crippen LogP contribution >= 0.6 is 0 Å². The number of hydrogen-bond donors (Lipinski definition) is 2. The van der Waals surface area contributed by atoms with Crippen LogP contribution in [0.15, 0.2) is 47.4 Å². The second-order valence-electron chi connectivity index (χ2n) is 4.72. The summed E-state index contributed by atoms with van der Waals surface area (Å²) in [5.74, 6) is -1.69. The zero-order valence-electron chi connectivity index (χ0n) is 12.1. The van der Waals surface area contributed by atoms with Gasteiger partial charge in [-0.1, -0.05) is 25.1 Å². The molecule has 1 heterocycles. The Labute approximate surface area is 127 Å². The molecule has 1 amide bonds. The number of aromatic carboxylic acids is 1. The molecule has 1 aromatic carbocycles. The first kappa shape index (κ1) is 15.5. The highest BCUT2D eigenvalue weighted by molar-refractivity contribution is 5.91. The highest BCUT2D eigenvalue weighted by atomic mass is 16.4. The molecular weight excluding hydrogens is 284 g/mol. The van der Waals surface area contributed by atoms with Gasteiger partial charge in [-0.05, 0) is 30.2 Å². The van der Waals surface area contributed by atoms with Crippen molar-refractivity contribution in [1.29, 1.82) is 0 Å². The van der Waals surface area contributed by atoms with E-state index in [2.05, 4.69) is 5.32 Å². The Balaban J connectivity index is 2.18. The molecule has 6 nitrogen and oxygen atoms in total. The van der Waals surface area contributed by atoms with Crippen molar-refractivity contribution in [2.75, 3.05) is 5.32 Å². The summed E-state index contributed by atoms with van der Waals surface area (Å²) in [6, 6.07) is 10.0. The van der Waals surface area contributed by atoms with E-state index in [-0.39, 0.29) is 18.0 Å². The fourth-order valence-corrected chi connectivity index (χ4v) is 2.12. The maximum atomic E-state index is 12.1. The summed E-state index contributed by atoms with van der Waals surface area (Å²) in [7, 11) is 0. The van der Waals surface area contributed by atoms with Gasteiger partial charge in [-0.2, -0.15) is 0 Å². The van der Waals surface area contributed by atoms with Crippen molar-refractivity contribution in [2.24, 2.45) is 0 Å². The molecule has 0 radical (unpaired) electrons. The van der Waals surface area contributed by atoms with Crippen molar-refractivity contribution >= 4 is 17.6 Å². The van der Waals surface area contributed by atoms with Crippen LogP contribution in [0.1, 0.15) is 22.8 Å². The van der Waals surface area contributed by atoms with Crippen molar-refractivity contribution in [3.63, 3.8) is 0 Å². The monoisotopic (exact) mass is 300 g/mol. The van der Waals surface area contributed by atoms with Gasteiger partial charge in [-0.25, -0.2) is 4.79 Å². The minimum Gasteiger partial charge on any atom is -0.477 e.